The van der Waals surface area contributed by atoms with E-state index in [1.807, 2.05) is 0 Å². The predicted molar refractivity (Wildman–Crippen MR) is 81.3 cm³/mol. The van der Waals surface area contributed by atoms with Crippen molar-refractivity contribution in [2.75, 3.05) is 10.6 Å². The molecule has 2 aromatic carbocycles. The molecule has 2 rings (SSSR count). The van der Waals surface area contributed by atoms with Crippen molar-refractivity contribution in [3.05, 3.63) is 60.7 Å². The van der Waals surface area contributed by atoms with Crippen molar-refractivity contribution in [3.63, 3.8) is 0 Å². The van der Waals surface area contributed by atoms with Crippen LogP contribution in [0, 0.1) is 5.92 Å². The largest absolute Gasteiger partial charge is 0.480 e. The summed E-state index contributed by atoms with van der Waals surface area (Å²) in [5, 5.41) is 14.0. The maximum absolute atomic E-state index is 12.0. The van der Waals surface area contributed by atoms with Crippen molar-refractivity contribution in [1.82, 2.24) is 0 Å². The van der Waals surface area contributed by atoms with Crippen LogP contribution in [0.3, 0.4) is 0 Å². The topological polar surface area (TPSA) is 95.5 Å². The summed E-state index contributed by atoms with van der Waals surface area (Å²) >= 11 is 0. The Morgan fingerprint density at radius 1 is 0.727 bits per heavy atom. The lowest BCUT2D eigenvalue weighted by molar-refractivity contribution is -0.148. The van der Waals surface area contributed by atoms with E-state index >= 15 is 0 Å². The number of benzene rings is 2. The molecule has 0 heterocycles. The van der Waals surface area contributed by atoms with Gasteiger partial charge in [-0.25, -0.2) is 0 Å². The number of para-hydroxylation sites is 2. The zero-order chi connectivity index (χ0) is 15.9. The van der Waals surface area contributed by atoms with E-state index in [2.05, 4.69) is 10.6 Å². The standard InChI is InChI=1S/C16H14N2O4/c19-14(17-11-7-3-1-4-8-11)13(16(21)22)15(20)18-12-9-5-2-6-10-12/h1-10,13H,(H,17,19)(H,18,20)(H,21,22). The maximum atomic E-state index is 12.0. The van der Waals surface area contributed by atoms with Crippen molar-refractivity contribution < 1.29 is 19.5 Å². The number of hydrogen-bond acceptors (Lipinski definition) is 3. The lowest BCUT2D eigenvalue weighted by Gasteiger charge is -2.13. The average molecular weight is 298 g/mol. The number of carbonyl (C=O) groups excluding carboxylic acids is 2. The van der Waals surface area contributed by atoms with Gasteiger partial charge in [-0.05, 0) is 24.3 Å². The molecule has 0 atom stereocenters. The summed E-state index contributed by atoms with van der Waals surface area (Å²) < 4.78 is 0. The van der Waals surface area contributed by atoms with Crippen molar-refractivity contribution in [2.24, 2.45) is 5.92 Å². The van der Waals surface area contributed by atoms with Crippen LogP contribution in [-0.2, 0) is 14.4 Å². The fourth-order valence-corrected chi connectivity index (χ4v) is 1.82. The van der Waals surface area contributed by atoms with Gasteiger partial charge in [0.25, 0.3) is 0 Å². The Morgan fingerprint density at radius 3 is 1.41 bits per heavy atom. The molecule has 22 heavy (non-hydrogen) atoms. The van der Waals surface area contributed by atoms with Crippen LogP contribution in [0.1, 0.15) is 0 Å². The maximum Gasteiger partial charge on any atom is 0.325 e. The lowest BCUT2D eigenvalue weighted by atomic mass is 10.1. The van der Waals surface area contributed by atoms with Crippen molar-refractivity contribution in [1.29, 1.82) is 0 Å². The van der Waals surface area contributed by atoms with E-state index < -0.39 is 23.7 Å². The van der Waals surface area contributed by atoms with Gasteiger partial charge in [-0.1, -0.05) is 36.4 Å². The van der Waals surface area contributed by atoms with Gasteiger partial charge in [0.05, 0.1) is 0 Å². The molecule has 2 aromatic rings. The molecule has 0 bridgehead atoms. The van der Waals surface area contributed by atoms with Gasteiger partial charge >= 0.3 is 5.97 Å². The van der Waals surface area contributed by atoms with Crippen LogP contribution in [0.4, 0.5) is 11.4 Å². The van der Waals surface area contributed by atoms with E-state index in [4.69, 9.17) is 5.11 Å². The molecule has 112 valence electrons. The second kappa shape index (κ2) is 7.03. The first-order valence-corrected chi connectivity index (χ1v) is 6.52. The van der Waals surface area contributed by atoms with Gasteiger partial charge in [0.15, 0.2) is 0 Å². The number of amides is 2. The monoisotopic (exact) mass is 298 g/mol. The third-order valence-corrected chi connectivity index (χ3v) is 2.85. The number of carboxylic acid groups (broad SMARTS) is 1. The molecular formula is C16H14N2O4. The second-order valence-electron chi connectivity index (χ2n) is 4.48. The van der Waals surface area contributed by atoms with E-state index in [1.54, 1.807) is 60.7 Å². The number of nitrogens with one attached hydrogen (secondary N) is 2. The Bertz CT molecular complexity index is 618. The Morgan fingerprint density at radius 2 is 1.09 bits per heavy atom. The Kier molecular flexibility index (Phi) is 4.87. The van der Waals surface area contributed by atoms with Gasteiger partial charge in [-0.3, -0.25) is 14.4 Å². The fourth-order valence-electron chi connectivity index (χ4n) is 1.82. The summed E-state index contributed by atoms with van der Waals surface area (Å²) in [4.78, 5) is 35.3. The Hall–Kier alpha value is -3.15. The Balaban J connectivity index is 2.10. The molecule has 0 spiro atoms. The molecular weight excluding hydrogens is 284 g/mol. The van der Waals surface area contributed by atoms with E-state index in [0.29, 0.717) is 11.4 Å². The van der Waals surface area contributed by atoms with Crippen LogP contribution in [-0.4, -0.2) is 22.9 Å². The lowest BCUT2D eigenvalue weighted by Crippen LogP contribution is -2.39. The van der Waals surface area contributed by atoms with Crippen LogP contribution >= 0.6 is 0 Å². The highest BCUT2D eigenvalue weighted by atomic mass is 16.4. The number of carbonyl (C=O) groups is 3. The van der Waals surface area contributed by atoms with Gasteiger partial charge in [0.2, 0.25) is 17.7 Å². The number of hydrogen-bond donors (Lipinski definition) is 3. The van der Waals surface area contributed by atoms with Crippen LogP contribution in [0.15, 0.2) is 60.7 Å². The Labute approximate surface area is 126 Å². The predicted octanol–water partition coefficient (Wildman–Crippen LogP) is 1.96. The number of carboxylic acids is 1. The minimum absolute atomic E-state index is 0.422. The molecule has 0 saturated heterocycles. The summed E-state index contributed by atoms with van der Waals surface area (Å²) in [6.45, 7) is 0. The number of aliphatic carboxylic acids is 1. The summed E-state index contributed by atoms with van der Waals surface area (Å²) in [6.07, 6.45) is 0. The molecule has 0 aliphatic heterocycles. The second-order valence-corrected chi connectivity index (χ2v) is 4.48. The van der Waals surface area contributed by atoms with Gasteiger partial charge < -0.3 is 15.7 Å². The van der Waals surface area contributed by atoms with Gasteiger partial charge in [0, 0.05) is 11.4 Å². The molecule has 0 unspecified atom stereocenters. The number of anilines is 2. The molecule has 0 aromatic heterocycles. The van der Waals surface area contributed by atoms with Crippen molar-refractivity contribution in [2.45, 2.75) is 0 Å². The summed E-state index contributed by atoms with van der Waals surface area (Å²) in [5.74, 6) is -5.14. The first-order valence-electron chi connectivity index (χ1n) is 6.52. The SMILES string of the molecule is O=C(O)C(C(=O)Nc1ccccc1)C(=O)Nc1ccccc1. The highest BCUT2D eigenvalue weighted by molar-refractivity contribution is 6.22. The molecule has 0 aliphatic rings. The highest BCUT2D eigenvalue weighted by Crippen LogP contribution is 2.12. The normalized spacial score (nSPS) is 10.0. The first kappa shape index (κ1) is 15.2. The van der Waals surface area contributed by atoms with E-state index in [9.17, 15) is 14.4 Å². The first-order chi connectivity index (χ1) is 10.6. The van der Waals surface area contributed by atoms with Crippen LogP contribution in [0.5, 0.6) is 0 Å². The van der Waals surface area contributed by atoms with Gasteiger partial charge in [-0.2, -0.15) is 0 Å². The third kappa shape index (κ3) is 3.92. The van der Waals surface area contributed by atoms with Gasteiger partial charge in [0.1, 0.15) is 0 Å². The smallest absolute Gasteiger partial charge is 0.325 e. The van der Waals surface area contributed by atoms with Crippen LogP contribution in [0.2, 0.25) is 0 Å². The number of rotatable bonds is 5. The average Bonchev–Trinajstić information content (AvgIpc) is 2.48. The molecule has 6 nitrogen and oxygen atoms in total. The molecule has 2 amide bonds. The molecule has 3 N–H and O–H groups in total. The van der Waals surface area contributed by atoms with Gasteiger partial charge in [-0.15, -0.1) is 0 Å². The summed E-state index contributed by atoms with van der Waals surface area (Å²) in [7, 11) is 0. The van der Waals surface area contributed by atoms with Crippen molar-refractivity contribution >= 4 is 29.2 Å². The van der Waals surface area contributed by atoms with E-state index in [1.165, 1.54) is 0 Å². The molecule has 6 heteroatoms. The van der Waals surface area contributed by atoms with Crippen molar-refractivity contribution in [3.8, 4) is 0 Å². The highest BCUT2D eigenvalue weighted by Gasteiger charge is 2.34. The quantitative estimate of drug-likeness (QED) is 0.735. The zero-order valence-corrected chi connectivity index (χ0v) is 11.5. The fraction of sp³-hybridized carbons (Fsp3) is 0.0625. The van der Waals surface area contributed by atoms with E-state index in [-0.39, 0.29) is 0 Å². The molecule has 0 saturated carbocycles. The van der Waals surface area contributed by atoms with Crippen LogP contribution in [0.25, 0.3) is 0 Å². The van der Waals surface area contributed by atoms with Crippen LogP contribution < -0.4 is 10.6 Å². The minimum atomic E-state index is -1.83. The zero-order valence-electron chi connectivity index (χ0n) is 11.5. The summed E-state index contributed by atoms with van der Waals surface area (Å²) in [6, 6.07) is 16.7. The summed E-state index contributed by atoms with van der Waals surface area (Å²) in [5.41, 5.74) is 0.845. The van der Waals surface area contributed by atoms with E-state index in [0.717, 1.165) is 0 Å². The molecule has 0 aliphatic carbocycles. The molecule has 0 radical (unpaired) electrons. The third-order valence-electron chi connectivity index (χ3n) is 2.85. The molecule has 0 fully saturated rings. The minimum Gasteiger partial charge on any atom is -0.480 e.